The topological polar surface area (TPSA) is 57.5 Å². The number of aliphatic hydroxyl groups is 2. The molecule has 0 heterocycles. The van der Waals surface area contributed by atoms with Crippen LogP contribution in [0.15, 0.2) is 24.3 Å². The molecule has 1 aromatic rings. The molecule has 2 N–H and O–H groups in total. The Labute approximate surface area is 101 Å². The third kappa shape index (κ3) is 3.63. The van der Waals surface area contributed by atoms with Gasteiger partial charge in [0.05, 0.1) is 6.10 Å². The lowest BCUT2D eigenvalue weighted by atomic mass is 10.0. The van der Waals surface area contributed by atoms with Crippen LogP contribution in [0.4, 0.5) is 0 Å². The first-order chi connectivity index (χ1) is 7.54. The average Bonchev–Trinajstić information content (AvgIpc) is 2.26. The van der Waals surface area contributed by atoms with Crippen LogP contribution in [0.2, 0.25) is 0 Å². The van der Waals surface area contributed by atoms with Crippen molar-refractivity contribution in [2.24, 2.45) is 0 Å². The second kappa shape index (κ2) is 6.03. The zero-order valence-corrected chi connectivity index (χ0v) is 10.0. The van der Waals surface area contributed by atoms with Crippen molar-refractivity contribution in [2.45, 2.75) is 25.6 Å². The number of aliphatic hydroxyl groups excluding tert-OH is 2. The molecule has 16 heavy (non-hydrogen) atoms. The van der Waals surface area contributed by atoms with E-state index < -0.39 is 12.2 Å². The summed E-state index contributed by atoms with van der Waals surface area (Å²) in [6.45, 7) is 1.52. The maximum absolute atomic E-state index is 11.0. The normalized spacial score (nSPS) is 14.5. The third-order valence-electron chi connectivity index (χ3n) is 2.30. The van der Waals surface area contributed by atoms with Gasteiger partial charge in [-0.15, -0.1) is 0 Å². The van der Waals surface area contributed by atoms with Gasteiger partial charge < -0.3 is 10.2 Å². The molecule has 1 aromatic carbocycles. The van der Waals surface area contributed by atoms with Crippen LogP contribution in [0.5, 0.6) is 0 Å². The Morgan fingerprint density at radius 2 is 2.12 bits per heavy atom. The van der Waals surface area contributed by atoms with Gasteiger partial charge in [-0.2, -0.15) is 12.6 Å². The molecule has 3 nitrogen and oxygen atoms in total. The number of carbonyl (C=O) groups is 1. The lowest BCUT2D eigenvalue weighted by Gasteiger charge is -2.16. The molecular formula is C12H16O3S. The lowest BCUT2D eigenvalue weighted by Crippen LogP contribution is -2.19. The van der Waals surface area contributed by atoms with E-state index >= 15 is 0 Å². The highest BCUT2D eigenvalue weighted by molar-refractivity contribution is 7.80. The number of Topliss-reactive ketones (excluding diaryl/α,β-unsaturated/α-hetero) is 1. The molecule has 0 aliphatic rings. The maximum Gasteiger partial charge on any atom is 0.134 e. The monoisotopic (exact) mass is 240 g/mol. The van der Waals surface area contributed by atoms with Crippen molar-refractivity contribution in [3.8, 4) is 0 Å². The summed E-state index contributed by atoms with van der Waals surface area (Å²) in [4.78, 5) is 11.0. The summed E-state index contributed by atoms with van der Waals surface area (Å²) >= 11 is 3.92. The van der Waals surface area contributed by atoms with Gasteiger partial charge in [0.15, 0.2) is 0 Å². The van der Waals surface area contributed by atoms with E-state index in [1.807, 2.05) is 6.07 Å². The number of hydrogen-bond acceptors (Lipinski definition) is 4. The summed E-state index contributed by atoms with van der Waals surface area (Å²) in [5.74, 6) is 0.263. The van der Waals surface area contributed by atoms with Crippen LogP contribution in [-0.2, 0) is 11.2 Å². The van der Waals surface area contributed by atoms with Gasteiger partial charge in [-0.05, 0) is 18.1 Å². The highest BCUT2D eigenvalue weighted by Gasteiger charge is 2.16. The van der Waals surface area contributed by atoms with Gasteiger partial charge >= 0.3 is 0 Å². The maximum atomic E-state index is 11.0. The van der Waals surface area contributed by atoms with Crippen molar-refractivity contribution < 1.29 is 15.0 Å². The zero-order chi connectivity index (χ0) is 12.1. The van der Waals surface area contributed by atoms with Gasteiger partial charge in [-0.1, -0.05) is 24.3 Å². The molecule has 0 fully saturated rings. The van der Waals surface area contributed by atoms with Gasteiger partial charge in [0, 0.05) is 12.2 Å². The molecule has 0 amide bonds. The first-order valence-electron chi connectivity index (χ1n) is 5.10. The van der Waals surface area contributed by atoms with Crippen LogP contribution >= 0.6 is 12.6 Å². The summed E-state index contributed by atoms with van der Waals surface area (Å²) in [5.41, 5.74) is 1.45. The van der Waals surface area contributed by atoms with E-state index in [2.05, 4.69) is 12.6 Å². The number of thiol groups is 1. The number of benzene rings is 1. The smallest absolute Gasteiger partial charge is 0.134 e. The van der Waals surface area contributed by atoms with Crippen molar-refractivity contribution in [1.82, 2.24) is 0 Å². The van der Waals surface area contributed by atoms with Gasteiger partial charge in [0.25, 0.3) is 0 Å². The molecule has 0 spiro atoms. The van der Waals surface area contributed by atoms with E-state index in [4.69, 9.17) is 0 Å². The summed E-state index contributed by atoms with van der Waals surface area (Å²) in [7, 11) is 0. The third-order valence-corrected chi connectivity index (χ3v) is 2.67. The largest absolute Gasteiger partial charge is 0.389 e. The first-order valence-corrected chi connectivity index (χ1v) is 5.73. The summed E-state index contributed by atoms with van der Waals surface area (Å²) < 4.78 is 0. The van der Waals surface area contributed by atoms with Crippen LogP contribution in [0.25, 0.3) is 0 Å². The molecule has 0 saturated heterocycles. The molecule has 0 saturated carbocycles. The highest BCUT2D eigenvalue weighted by atomic mass is 32.1. The second-order valence-electron chi connectivity index (χ2n) is 3.82. The van der Waals surface area contributed by atoms with Gasteiger partial charge in [0.2, 0.25) is 0 Å². The van der Waals surface area contributed by atoms with Crippen molar-refractivity contribution in [3.05, 3.63) is 35.4 Å². The fraction of sp³-hybridized carbons (Fsp3) is 0.417. The minimum atomic E-state index is -0.954. The van der Waals surface area contributed by atoms with E-state index in [0.29, 0.717) is 12.0 Å². The first kappa shape index (κ1) is 13.2. The van der Waals surface area contributed by atoms with Crippen molar-refractivity contribution in [1.29, 1.82) is 0 Å². The zero-order valence-electron chi connectivity index (χ0n) is 9.13. The standard InChI is InChI=1S/C12H16O3S/c1-8(13)5-9-3-2-4-10(6-9)12(15)11(14)7-16/h2-4,6,11-12,14-16H,5,7H2,1H3. The van der Waals surface area contributed by atoms with Crippen LogP contribution in [-0.4, -0.2) is 27.9 Å². The molecule has 0 bridgehead atoms. The molecule has 0 aromatic heterocycles. The van der Waals surface area contributed by atoms with E-state index in [9.17, 15) is 15.0 Å². The number of rotatable bonds is 5. The fourth-order valence-corrected chi connectivity index (χ4v) is 1.70. The predicted octanol–water partition coefficient (Wildman–Crippen LogP) is 1.14. The lowest BCUT2D eigenvalue weighted by molar-refractivity contribution is -0.116. The summed E-state index contributed by atoms with van der Waals surface area (Å²) in [6, 6.07) is 7.05. The van der Waals surface area contributed by atoms with Crippen LogP contribution in [0.1, 0.15) is 24.2 Å². The minimum Gasteiger partial charge on any atom is -0.389 e. The Kier molecular flexibility index (Phi) is 4.99. The number of ketones is 1. The number of hydrogen-bond donors (Lipinski definition) is 3. The van der Waals surface area contributed by atoms with E-state index in [1.54, 1.807) is 18.2 Å². The van der Waals surface area contributed by atoms with Crippen molar-refractivity contribution >= 4 is 18.4 Å². The van der Waals surface area contributed by atoms with Gasteiger partial charge in [-0.3, -0.25) is 4.79 Å². The molecule has 2 unspecified atom stereocenters. The highest BCUT2D eigenvalue weighted by Crippen LogP contribution is 2.19. The molecule has 88 valence electrons. The Morgan fingerprint density at radius 1 is 1.44 bits per heavy atom. The fourth-order valence-electron chi connectivity index (χ4n) is 1.50. The molecule has 1 rings (SSSR count). The Balaban J connectivity index is 2.85. The van der Waals surface area contributed by atoms with Gasteiger partial charge in [0.1, 0.15) is 11.9 Å². The molecule has 0 aliphatic carbocycles. The van der Waals surface area contributed by atoms with Crippen LogP contribution in [0, 0.1) is 0 Å². The molecule has 4 heteroatoms. The average molecular weight is 240 g/mol. The predicted molar refractivity (Wildman–Crippen MR) is 65.6 cm³/mol. The molecule has 0 radical (unpaired) electrons. The Hall–Kier alpha value is -0.840. The van der Waals surface area contributed by atoms with E-state index in [1.165, 1.54) is 6.92 Å². The minimum absolute atomic E-state index is 0.0707. The van der Waals surface area contributed by atoms with Crippen molar-refractivity contribution in [3.63, 3.8) is 0 Å². The molecular weight excluding hydrogens is 224 g/mol. The molecule has 2 atom stereocenters. The summed E-state index contributed by atoms with van der Waals surface area (Å²) in [6.07, 6.45) is -1.50. The van der Waals surface area contributed by atoms with Crippen LogP contribution in [0.3, 0.4) is 0 Å². The number of carbonyl (C=O) groups excluding carboxylic acids is 1. The Morgan fingerprint density at radius 3 is 2.69 bits per heavy atom. The molecule has 0 aliphatic heterocycles. The second-order valence-corrected chi connectivity index (χ2v) is 4.18. The Bertz CT molecular complexity index is 365. The quantitative estimate of drug-likeness (QED) is 0.677. The van der Waals surface area contributed by atoms with Crippen molar-refractivity contribution in [2.75, 3.05) is 5.75 Å². The summed E-state index contributed by atoms with van der Waals surface area (Å²) in [5, 5.41) is 19.2. The SMILES string of the molecule is CC(=O)Cc1cccc(C(O)C(O)CS)c1. The van der Waals surface area contributed by atoms with E-state index in [-0.39, 0.29) is 11.5 Å². The van der Waals surface area contributed by atoms with Gasteiger partial charge in [-0.25, -0.2) is 0 Å². The van der Waals surface area contributed by atoms with E-state index in [0.717, 1.165) is 5.56 Å². The van der Waals surface area contributed by atoms with Crippen LogP contribution < -0.4 is 0 Å².